The third-order valence-corrected chi connectivity index (χ3v) is 2.31. The van der Waals surface area contributed by atoms with Crippen molar-refractivity contribution >= 4 is 17.2 Å². The molecule has 0 amide bonds. The monoisotopic (exact) mass is 184 g/mol. The molecule has 1 aromatic heterocycles. The SMILES string of the molecule is Cc1[nH]c2c(C#N)cccc2c1C=O. The number of hydrogen-bond donors (Lipinski definition) is 1. The second kappa shape index (κ2) is 3.00. The fourth-order valence-corrected chi connectivity index (χ4v) is 1.61. The summed E-state index contributed by atoms with van der Waals surface area (Å²) in [5, 5.41) is 9.67. The van der Waals surface area contributed by atoms with Crippen molar-refractivity contribution in [3.05, 3.63) is 35.0 Å². The van der Waals surface area contributed by atoms with E-state index in [1.807, 2.05) is 13.0 Å². The number of para-hydroxylation sites is 1. The number of aldehydes is 1. The maximum atomic E-state index is 10.8. The van der Waals surface area contributed by atoms with Crippen LogP contribution in [0.25, 0.3) is 10.9 Å². The molecular formula is C11H8N2O. The standard InChI is InChI=1S/C11H8N2O/c1-7-10(6-14)9-4-2-3-8(5-12)11(9)13-7/h2-4,6,13H,1H3. The maximum absolute atomic E-state index is 10.8. The largest absolute Gasteiger partial charge is 0.357 e. The summed E-state index contributed by atoms with van der Waals surface area (Å²) in [5.41, 5.74) is 2.75. The van der Waals surface area contributed by atoms with Crippen LogP contribution in [-0.4, -0.2) is 11.3 Å². The Labute approximate surface area is 81.0 Å². The Bertz CT molecular complexity index is 546. The molecule has 1 aromatic carbocycles. The van der Waals surface area contributed by atoms with Crippen LogP contribution in [0.4, 0.5) is 0 Å². The molecular weight excluding hydrogens is 176 g/mol. The Hall–Kier alpha value is -2.08. The Morgan fingerprint density at radius 3 is 2.93 bits per heavy atom. The summed E-state index contributed by atoms with van der Waals surface area (Å²) >= 11 is 0. The van der Waals surface area contributed by atoms with Gasteiger partial charge in [0.25, 0.3) is 0 Å². The number of carbonyl (C=O) groups is 1. The number of aromatic nitrogens is 1. The van der Waals surface area contributed by atoms with E-state index in [1.54, 1.807) is 12.1 Å². The number of nitrogens with zero attached hydrogens (tertiary/aromatic N) is 1. The Morgan fingerprint density at radius 2 is 2.29 bits per heavy atom. The van der Waals surface area contributed by atoms with Crippen molar-refractivity contribution in [1.29, 1.82) is 5.26 Å². The van der Waals surface area contributed by atoms with Crippen LogP contribution in [0.15, 0.2) is 18.2 Å². The minimum atomic E-state index is 0.568. The molecule has 0 aliphatic carbocycles. The van der Waals surface area contributed by atoms with E-state index < -0.39 is 0 Å². The molecule has 68 valence electrons. The van der Waals surface area contributed by atoms with Gasteiger partial charge in [-0.25, -0.2) is 0 Å². The zero-order valence-electron chi connectivity index (χ0n) is 7.66. The van der Waals surface area contributed by atoms with Gasteiger partial charge in [0, 0.05) is 16.6 Å². The number of nitrogens with one attached hydrogen (secondary N) is 1. The van der Waals surface area contributed by atoms with E-state index in [-0.39, 0.29) is 0 Å². The van der Waals surface area contributed by atoms with E-state index >= 15 is 0 Å². The molecule has 0 saturated carbocycles. The summed E-state index contributed by atoms with van der Waals surface area (Å²) in [4.78, 5) is 13.8. The van der Waals surface area contributed by atoms with Gasteiger partial charge in [-0.2, -0.15) is 5.26 Å². The number of nitriles is 1. The predicted octanol–water partition coefficient (Wildman–Crippen LogP) is 2.16. The third-order valence-electron chi connectivity index (χ3n) is 2.31. The van der Waals surface area contributed by atoms with Crippen molar-refractivity contribution in [2.45, 2.75) is 6.92 Å². The van der Waals surface area contributed by atoms with Gasteiger partial charge in [-0.3, -0.25) is 4.79 Å². The van der Waals surface area contributed by atoms with E-state index in [2.05, 4.69) is 11.1 Å². The fourth-order valence-electron chi connectivity index (χ4n) is 1.61. The van der Waals surface area contributed by atoms with E-state index in [0.29, 0.717) is 11.1 Å². The lowest BCUT2D eigenvalue weighted by Crippen LogP contribution is -1.79. The second-order valence-corrected chi connectivity index (χ2v) is 3.12. The summed E-state index contributed by atoms with van der Waals surface area (Å²) in [6.45, 7) is 1.82. The first kappa shape index (κ1) is 8.52. The molecule has 1 heterocycles. The fraction of sp³-hybridized carbons (Fsp3) is 0.0909. The van der Waals surface area contributed by atoms with Crippen LogP contribution in [0, 0.1) is 18.3 Å². The topological polar surface area (TPSA) is 56.6 Å². The zero-order chi connectivity index (χ0) is 10.1. The molecule has 14 heavy (non-hydrogen) atoms. The van der Waals surface area contributed by atoms with E-state index in [1.165, 1.54) is 0 Å². The summed E-state index contributed by atoms with van der Waals surface area (Å²) in [6, 6.07) is 7.43. The average molecular weight is 184 g/mol. The number of H-pyrrole nitrogens is 1. The summed E-state index contributed by atoms with van der Waals surface area (Å²) in [7, 11) is 0. The van der Waals surface area contributed by atoms with Crippen LogP contribution < -0.4 is 0 Å². The van der Waals surface area contributed by atoms with Gasteiger partial charge < -0.3 is 4.98 Å². The molecule has 0 bridgehead atoms. The van der Waals surface area contributed by atoms with E-state index in [4.69, 9.17) is 5.26 Å². The van der Waals surface area contributed by atoms with Crippen LogP contribution in [-0.2, 0) is 0 Å². The first-order valence-corrected chi connectivity index (χ1v) is 4.24. The number of rotatable bonds is 1. The molecule has 3 nitrogen and oxygen atoms in total. The van der Waals surface area contributed by atoms with E-state index in [0.717, 1.165) is 22.9 Å². The van der Waals surface area contributed by atoms with Gasteiger partial charge in [0.15, 0.2) is 6.29 Å². The van der Waals surface area contributed by atoms with Crippen molar-refractivity contribution in [2.75, 3.05) is 0 Å². The molecule has 0 radical (unpaired) electrons. The number of hydrogen-bond acceptors (Lipinski definition) is 2. The number of aryl methyl sites for hydroxylation is 1. The van der Waals surface area contributed by atoms with Gasteiger partial charge in [-0.15, -0.1) is 0 Å². The number of carbonyl (C=O) groups excluding carboxylic acids is 1. The minimum Gasteiger partial charge on any atom is -0.357 e. The molecule has 0 atom stereocenters. The Morgan fingerprint density at radius 1 is 1.50 bits per heavy atom. The smallest absolute Gasteiger partial charge is 0.152 e. The van der Waals surface area contributed by atoms with Crippen molar-refractivity contribution in [2.24, 2.45) is 0 Å². The Balaban J connectivity index is 2.94. The highest BCUT2D eigenvalue weighted by molar-refractivity contribution is 6.00. The maximum Gasteiger partial charge on any atom is 0.152 e. The first-order chi connectivity index (χ1) is 6.77. The van der Waals surface area contributed by atoms with Crippen molar-refractivity contribution in [1.82, 2.24) is 4.98 Å². The lowest BCUT2D eigenvalue weighted by Gasteiger charge is -1.91. The lowest BCUT2D eigenvalue weighted by atomic mass is 10.1. The molecule has 0 unspecified atom stereocenters. The summed E-state index contributed by atoms with van der Waals surface area (Å²) in [5.74, 6) is 0. The van der Waals surface area contributed by atoms with Gasteiger partial charge in [-0.05, 0) is 13.0 Å². The quantitative estimate of drug-likeness (QED) is 0.690. The number of fused-ring (bicyclic) bond motifs is 1. The van der Waals surface area contributed by atoms with Gasteiger partial charge in [0.1, 0.15) is 6.07 Å². The molecule has 0 aliphatic rings. The molecule has 2 aromatic rings. The highest BCUT2D eigenvalue weighted by Gasteiger charge is 2.09. The van der Waals surface area contributed by atoms with Crippen molar-refractivity contribution in [3.8, 4) is 6.07 Å². The minimum absolute atomic E-state index is 0.568. The first-order valence-electron chi connectivity index (χ1n) is 4.24. The molecule has 0 fully saturated rings. The van der Waals surface area contributed by atoms with Gasteiger partial charge in [0.2, 0.25) is 0 Å². The van der Waals surface area contributed by atoms with Crippen molar-refractivity contribution < 1.29 is 4.79 Å². The van der Waals surface area contributed by atoms with Crippen LogP contribution in [0.2, 0.25) is 0 Å². The highest BCUT2D eigenvalue weighted by atomic mass is 16.1. The average Bonchev–Trinajstić information content (AvgIpc) is 2.52. The van der Waals surface area contributed by atoms with Crippen LogP contribution in [0.1, 0.15) is 21.6 Å². The molecule has 0 aliphatic heterocycles. The highest BCUT2D eigenvalue weighted by Crippen LogP contribution is 2.22. The van der Waals surface area contributed by atoms with E-state index in [9.17, 15) is 4.79 Å². The van der Waals surface area contributed by atoms with Crippen LogP contribution in [0.5, 0.6) is 0 Å². The Kier molecular flexibility index (Phi) is 1.83. The summed E-state index contributed by atoms with van der Waals surface area (Å²) < 4.78 is 0. The normalized spacial score (nSPS) is 10.0. The van der Waals surface area contributed by atoms with Gasteiger partial charge >= 0.3 is 0 Å². The number of aromatic amines is 1. The molecule has 0 spiro atoms. The summed E-state index contributed by atoms with van der Waals surface area (Å²) in [6.07, 6.45) is 0.815. The lowest BCUT2D eigenvalue weighted by molar-refractivity contribution is 0.112. The second-order valence-electron chi connectivity index (χ2n) is 3.12. The zero-order valence-corrected chi connectivity index (χ0v) is 7.66. The molecule has 0 saturated heterocycles. The van der Waals surface area contributed by atoms with Gasteiger partial charge in [0.05, 0.1) is 11.1 Å². The third kappa shape index (κ3) is 1.01. The van der Waals surface area contributed by atoms with Crippen molar-refractivity contribution in [3.63, 3.8) is 0 Å². The van der Waals surface area contributed by atoms with Crippen LogP contribution in [0.3, 0.4) is 0 Å². The molecule has 2 rings (SSSR count). The van der Waals surface area contributed by atoms with Gasteiger partial charge in [-0.1, -0.05) is 12.1 Å². The molecule has 3 heteroatoms. The molecule has 1 N–H and O–H groups in total. The predicted molar refractivity (Wildman–Crippen MR) is 53.1 cm³/mol. The van der Waals surface area contributed by atoms with Crippen LogP contribution >= 0.6 is 0 Å². The number of benzene rings is 1.